The molecule has 0 amide bonds. The molecule has 30 heavy (non-hydrogen) atoms. The van der Waals surface area contributed by atoms with Gasteiger partial charge >= 0.3 is 0 Å². The molecule has 0 bridgehead atoms. The van der Waals surface area contributed by atoms with Crippen molar-refractivity contribution < 1.29 is 8.42 Å². The standard InChI is InChI=1S/C23H38N4O2S/c1-3-24-23(25-16-13-19-9-11-22(12-10-19)30(2,28)29)26-20-14-17-27(18-15-20)21-7-5-4-6-8-21/h9-12,20-21H,3-8,13-18H2,1-2H3,(H2,24,25,26). The van der Waals surface area contributed by atoms with Crippen molar-refractivity contribution in [3.05, 3.63) is 29.8 Å². The first-order chi connectivity index (χ1) is 14.5. The van der Waals surface area contributed by atoms with Gasteiger partial charge in [0.25, 0.3) is 0 Å². The van der Waals surface area contributed by atoms with Crippen LogP contribution in [0.1, 0.15) is 57.4 Å². The Bertz CT molecular complexity index is 778. The quantitative estimate of drug-likeness (QED) is 0.510. The van der Waals surface area contributed by atoms with Crippen LogP contribution in [0.15, 0.2) is 34.2 Å². The first-order valence-corrected chi connectivity index (χ1v) is 13.4. The van der Waals surface area contributed by atoms with E-state index in [-0.39, 0.29) is 0 Å². The molecule has 0 unspecified atom stereocenters. The summed E-state index contributed by atoms with van der Waals surface area (Å²) >= 11 is 0. The van der Waals surface area contributed by atoms with Gasteiger partial charge in [-0.15, -0.1) is 0 Å². The number of likely N-dealkylation sites (tertiary alicyclic amines) is 1. The third-order valence-electron chi connectivity index (χ3n) is 6.33. The van der Waals surface area contributed by atoms with E-state index in [1.807, 2.05) is 12.1 Å². The van der Waals surface area contributed by atoms with Gasteiger partial charge in [0.1, 0.15) is 0 Å². The van der Waals surface area contributed by atoms with Gasteiger partial charge in [0.05, 0.1) is 4.90 Å². The fourth-order valence-electron chi connectivity index (χ4n) is 4.57. The number of benzene rings is 1. The molecule has 2 aliphatic rings. The molecule has 1 aliphatic carbocycles. The molecular formula is C23H38N4O2S. The van der Waals surface area contributed by atoms with E-state index in [9.17, 15) is 8.42 Å². The van der Waals surface area contributed by atoms with Crippen molar-refractivity contribution >= 4 is 15.8 Å². The number of hydrogen-bond acceptors (Lipinski definition) is 4. The van der Waals surface area contributed by atoms with Crippen LogP contribution in [-0.2, 0) is 16.3 Å². The van der Waals surface area contributed by atoms with E-state index in [1.165, 1.54) is 64.3 Å². The minimum Gasteiger partial charge on any atom is -0.357 e. The minimum atomic E-state index is -3.14. The smallest absolute Gasteiger partial charge is 0.191 e. The molecule has 1 aliphatic heterocycles. The second kappa shape index (κ2) is 11.1. The SMILES string of the molecule is CCNC(=NCCc1ccc(S(C)(=O)=O)cc1)NC1CCN(C2CCCCC2)CC1. The van der Waals surface area contributed by atoms with Crippen LogP contribution >= 0.6 is 0 Å². The molecular weight excluding hydrogens is 396 g/mol. The van der Waals surface area contributed by atoms with Crippen molar-refractivity contribution in [2.24, 2.45) is 4.99 Å². The fourth-order valence-corrected chi connectivity index (χ4v) is 5.20. The monoisotopic (exact) mass is 434 g/mol. The van der Waals surface area contributed by atoms with Crippen LogP contribution in [0.3, 0.4) is 0 Å². The maximum absolute atomic E-state index is 11.6. The zero-order chi connectivity index (χ0) is 21.4. The number of nitrogens with zero attached hydrogens (tertiary/aromatic N) is 2. The number of sulfone groups is 1. The van der Waals surface area contributed by atoms with Crippen molar-refractivity contribution in [1.82, 2.24) is 15.5 Å². The lowest BCUT2D eigenvalue weighted by molar-refractivity contribution is 0.119. The van der Waals surface area contributed by atoms with Crippen LogP contribution in [0.4, 0.5) is 0 Å². The third-order valence-corrected chi connectivity index (χ3v) is 7.46. The van der Waals surface area contributed by atoms with E-state index in [2.05, 4.69) is 22.5 Å². The molecule has 2 N–H and O–H groups in total. The van der Waals surface area contributed by atoms with Gasteiger partial charge < -0.3 is 15.5 Å². The summed E-state index contributed by atoms with van der Waals surface area (Å²) in [4.78, 5) is 7.82. The number of rotatable bonds is 7. The predicted octanol–water partition coefficient (Wildman–Crippen LogP) is 2.98. The Kier molecular flexibility index (Phi) is 8.57. The lowest BCUT2D eigenvalue weighted by atomic mass is 9.92. The Labute approximate surface area is 182 Å². The summed E-state index contributed by atoms with van der Waals surface area (Å²) in [6, 6.07) is 8.42. The molecule has 0 atom stereocenters. The Morgan fingerprint density at radius 3 is 2.33 bits per heavy atom. The highest BCUT2D eigenvalue weighted by atomic mass is 32.2. The lowest BCUT2D eigenvalue weighted by Crippen LogP contribution is -2.51. The number of aliphatic imine (C=N–C) groups is 1. The topological polar surface area (TPSA) is 73.8 Å². The average molecular weight is 435 g/mol. The summed E-state index contributed by atoms with van der Waals surface area (Å²) < 4.78 is 23.2. The van der Waals surface area contributed by atoms with Gasteiger partial charge in [-0.05, 0) is 56.7 Å². The van der Waals surface area contributed by atoms with E-state index in [0.29, 0.717) is 17.5 Å². The summed E-state index contributed by atoms with van der Waals surface area (Å²) in [5.74, 6) is 0.890. The predicted molar refractivity (Wildman–Crippen MR) is 124 cm³/mol. The number of piperidine rings is 1. The molecule has 6 nitrogen and oxygen atoms in total. The molecule has 1 aromatic carbocycles. The molecule has 3 rings (SSSR count). The van der Waals surface area contributed by atoms with Crippen molar-refractivity contribution in [2.75, 3.05) is 32.4 Å². The van der Waals surface area contributed by atoms with Gasteiger partial charge in [-0.25, -0.2) is 8.42 Å². The van der Waals surface area contributed by atoms with Crippen LogP contribution in [0.2, 0.25) is 0 Å². The Balaban J connectivity index is 1.46. The van der Waals surface area contributed by atoms with E-state index in [1.54, 1.807) is 12.1 Å². The number of nitrogens with one attached hydrogen (secondary N) is 2. The average Bonchev–Trinajstić information content (AvgIpc) is 2.75. The molecule has 1 saturated carbocycles. The van der Waals surface area contributed by atoms with Crippen molar-refractivity contribution in [3.8, 4) is 0 Å². The zero-order valence-corrected chi connectivity index (χ0v) is 19.4. The molecule has 0 spiro atoms. The van der Waals surface area contributed by atoms with E-state index >= 15 is 0 Å². The van der Waals surface area contributed by atoms with Gasteiger partial charge in [-0.1, -0.05) is 31.4 Å². The normalized spacial score (nSPS) is 20.3. The maximum Gasteiger partial charge on any atom is 0.191 e. The van der Waals surface area contributed by atoms with Crippen molar-refractivity contribution in [3.63, 3.8) is 0 Å². The van der Waals surface area contributed by atoms with Crippen LogP contribution in [0.5, 0.6) is 0 Å². The zero-order valence-electron chi connectivity index (χ0n) is 18.6. The van der Waals surface area contributed by atoms with Gasteiger partial charge in [0, 0.05) is 44.5 Å². The van der Waals surface area contributed by atoms with Gasteiger partial charge in [-0.3, -0.25) is 4.99 Å². The Morgan fingerprint density at radius 2 is 1.73 bits per heavy atom. The second-order valence-corrected chi connectivity index (χ2v) is 10.7. The van der Waals surface area contributed by atoms with Gasteiger partial charge in [0.15, 0.2) is 15.8 Å². The van der Waals surface area contributed by atoms with Crippen molar-refractivity contribution in [2.45, 2.75) is 75.3 Å². The Hall–Kier alpha value is -1.60. The molecule has 0 radical (unpaired) electrons. The molecule has 1 saturated heterocycles. The fraction of sp³-hybridized carbons (Fsp3) is 0.696. The highest BCUT2D eigenvalue weighted by Gasteiger charge is 2.26. The van der Waals surface area contributed by atoms with Crippen LogP contribution < -0.4 is 10.6 Å². The Morgan fingerprint density at radius 1 is 1.07 bits per heavy atom. The third kappa shape index (κ3) is 6.98. The summed E-state index contributed by atoms with van der Waals surface area (Å²) in [5.41, 5.74) is 1.10. The summed E-state index contributed by atoms with van der Waals surface area (Å²) in [6.45, 7) is 5.99. The second-order valence-electron chi connectivity index (χ2n) is 8.67. The highest BCUT2D eigenvalue weighted by Crippen LogP contribution is 2.25. The maximum atomic E-state index is 11.6. The molecule has 0 aromatic heterocycles. The van der Waals surface area contributed by atoms with Crippen molar-refractivity contribution in [1.29, 1.82) is 0 Å². The first kappa shape index (κ1) is 23.1. The van der Waals surface area contributed by atoms with Crippen LogP contribution in [0.25, 0.3) is 0 Å². The number of hydrogen-bond donors (Lipinski definition) is 2. The van der Waals surface area contributed by atoms with Gasteiger partial charge in [-0.2, -0.15) is 0 Å². The number of guanidine groups is 1. The van der Waals surface area contributed by atoms with Gasteiger partial charge in [0.2, 0.25) is 0 Å². The summed E-state index contributed by atoms with van der Waals surface area (Å²) in [5, 5.41) is 6.99. The minimum absolute atomic E-state index is 0.365. The first-order valence-electron chi connectivity index (χ1n) is 11.5. The summed E-state index contributed by atoms with van der Waals surface area (Å²) in [6.07, 6.45) is 11.4. The van der Waals surface area contributed by atoms with E-state index in [0.717, 1.165) is 30.5 Å². The van der Waals surface area contributed by atoms with Crippen LogP contribution in [0, 0.1) is 0 Å². The molecule has 1 aromatic rings. The van der Waals surface area contributed by atoms with E-state index < -0.39 is 9.84 Å². The molecule has 168 valence electrons. The largest absolute Gasteiger partial charge is 0.357 e. The molecule has 2 fully saturated rings. The summed E-state index contributed by atoms with van der Waals surface area (Å²) in [7, 11) is -3.14. The van der Waals surface area contributed by atoms with Crippen LogP contribution in [-0.4, -0.2) is 63.8 Å². The lowest BCUT2D eigenvalue weighted by Gasteiger charge is -2.39. The molecule has 7 heteroatoms. The van der Waals surface area contributed by atoms with E-state index in [4.69, 9.17) is 4.99 Å². The highest BCUT2D eigenvalue weighted by molar-refractivity contribution is 7.90. The molecule has 1 heterocycles.